The monoisotopic (exact) mass is 298 g/mol. The van der Waals surface area contributed by atoms with Crippen LogP contribution in [0.5, 0.6) is 17.2 Å². The van der Waals surface area contributed by atoms with Gasteiger partial charge in [0.05, 0.1) is 21.3 Å². The Labute approximate surface area is 129 Å². The van der Waals surface area contributed by atoms with Gasteiger partial charge in [-0.1, -0.05) is 12.1 Å². The summed E-state index contributed by atoms with van der Waals surface area (Å²) in [5.74, 6) is 1.53. The van der Waals surface area contributed by atoms with Gasteiger partial charge in [0.25, 0.3) is 0 Å². The van der Waals surface area contributed by atoms with Crippen LogP contribution in [0.4, 0.5) is 0 Å². The van der Waals surface area contributed by atoms with Gasteiger partial charge in [0.15, 0.2) is 17.3 Å². The lowest BCUT2D eigenvalue weighted by Crippen LogP contribution is -2.00. The molecule has 4 nitrogen and oxygen atoms in total. The molecule has 0 saturated carbocycles. The largest absolute Gasteiger partial charge is 0.493 e. The topological polar surface area (TPSA) is 44.8 Å². The summed E-state index contributed by atoms with van der Waals surface area (Å²) in [6, 6.07) is 5.57. The second kappa shape index (κ2) is 5.05. The summed E-state index contributed by atoms with van der Waals surface area (Å²) in [4.78, 5) is 12.7. The van der Waals surface area contributed by atoms with Crippen LogP contribution in [0.15, 0.2) is 18.2 Å². The van der Waals surface area contributed by atoms with Crippen LogP contribution >= 0.6 is 0 Å². The number of benzene rings is 2. The molecule has 4 heteroatoms. The van der Waals surface area contributed by atoms with E-state index in [1.165, 1.54) is 0 Å². The van der Waals surface area contributed by atoms with Crippen molar-refractivity contribution in [1.82, 2.24) is 0 Å². The predicted molar refractivity (Wildman–Crippen MR) is 84.4 cm³/mol. The summed E-state index contributed by atoms with van der Waals surface area (Å²) in [6.45, 7) is 4.05. The number of ketones is 1. The van der Waals surface area contributed by atoms with Gasteiger partial charge in [0.2, 0.25) is 5.75 Å². The molecule has 0 amide bonds. The second-order valence-corrected chi connectivity index (χ2v) is 5.33. The van der Waals surface area contributed by atoms with Crippen molar-refractivity contribution in [3.05, 3.63) is 40.5 Å². The van der Waals surface area contributed by atoms with Crippen LogP contribution in [0.25, 0.3) is 11.1 Å². The van der Waals surface area contributed by atoms with E-state index >= 15 is 0 Å². The quantitative estimate of drug-likeness (QED) is 0.742. The lowest BCUT2D eigenvalue weighted by molar-refractivity contribution is 0.104. The molecule has 2 aromatic rings. The van der Waals surface area contributed by atoms with Crippen molar-refractivity contribution in [3.8, 4) is 28.4 Å². The van der Waals surface area contributed by atoms with E-state index in [0.29, 0.717) is 28.4 Å². The number of ether oxygens (including phenoxy) is 3. The van der Waals surface area contributed by atoms with Gasteiger partial charge in [0.1, 0.15) is 0 Å². The number of aryl methyl sites for hydroxylation is 1. The van der Waals surface area contributed by atoms with Crippen LogP contribution in [0.1, 0.15) is 27.0 Å². The number of methoxy groups -OCH3 is 3. The predicted octanol–water partition coefficient (Wildman–Crippen LogP) is 3.54. The first-order chi connectivity index (χ1) is 10.5. The molecular weight excluding hydrogens is 280 g/mol. The third-order valence-corrected chi connectivity index (χ3v) is 4.31. The molecule has 0 heterocycles. The standard InChI is InChI=1S/C18H18O4/c1-9-6-7-11-14(10(9)2)15-12(16(11)19)8-13(20-3)17(21-4)18(15)22-5/h6-8H,1-5H3. The van der Waals surface area contributed by atoms with Crippen molar-refractivity contribution in [2.24, 2.45) is 0 Å². The Morgan fingerprint density at radius 1 is 0.818 bits per heavy atom. The zero-order chi connectivity index (χ0) is 16.0. The van der Waals surface area contributed by atoms with Crippen LogP contribution in [-0.2, 0) is 0 Å². The fourth-order valence-electron chi connectivity index (χ4n) is 3.06. The van der Waals surface area contributed by atoms with Gasteiger partial charge in [0, 0.05) is 22.3 Å². The number of carbonyl (C=O) groups is 1. The maximum atomic E-state index is 12.7. The SMILES string of the molecule is COc1cc2c(c(OC)c1OC)-c1c(ccc(C)c1C)C2=O. The number of hydrogen-bond donors (Lipinski definition) is 0. The van der Waals surface area contributed by atoms with Gasteiger partial charge in [-0.2, -0.15) is 0 Å². The Morgan fingerprint density at radius 2 is 1.50 bits per heavy atom. The molecule has 0 bridgehead atoms. The van der Waals surface area contributed by atoms with Crippen molar-refractivity contribution in [2.45, 2.75) is 13.8 Å². The minimum absolute atomic E-state index is 0.00708. The van der Waals surface area contributed by atoms with Crippen LogP contribution in [0.3, 0.4) is 0 Å². The Morgan fingerprint density at radius 3 is 2.09 bits per heavy atom. The molecule has 0 spiro atoms. The molecule has 0 unspecified atom stereocenters. The van der Waals surface area contributed by atoms with E-state index < -0.39 is 0 Å². The van der Waals surface area contributed by atoms with Gasteiger partial charge < -0.3 is 14.2 Å². The molecule has 0 fully saturated rings. The average molecular weight is 298 g/mol. The maximum absolute atomic E-state index is 12.7. The molecule has 114 valence electrons. The molecule has 0 aliphatic heterocycles. The van der Waals surface area contributed by atoms with E-state index in [1.54, 1.807) is 27.4 Å². The highest BCUT2D eigenvalue weighted by Gasteiger charge is 2.34. The van der Waals surface area contributed by atoms with Gasteiger partial charge in [-0.3, -0.25) is 4.79 Å². The van der Waals surface area contributed by atoms with E-state index in [1.807, 2.05) is 26.0 Å². The fraction of sp³-hybridized carbons (Fsp3) is 0.278. The summed E-state index contributed by atoms with van der Waals surface area (Å²) in [5.41, 5.74) is 5.23. The molecule has 0 aromatic heterocycles. The van der Waals surface area contributed by atoms with Crippen LogP contribution < -0.4 is 14.2 Å². The molecule has 0 radical (unpaired) electrons. The highest BCUT2D eigenvalue weighted by Crippen LogP contribution is 2.52. The van der Waals surface area contributed by atoms with Crippen molar-refractivity contribution in [3.63, 3.8) is 0 Å². The van der Waals surface area contributed by atoms with Gasteiger partial charge in [-0.15, -0.1) is 0 Å². The van der Waals surface area contributed by atoms with E-state index in [4.69, 9.17) is 14.2 Å². The number of fused-ring (bicyclic) bond motifs is 3. The van der Waals surface area contributed by atoms with E-state index in [0.717, 1.165) is 22.3 Å². The van der Waals surface area contributed by atoms with Crippen LogP contribution in [0.2, 0.25) is 0 Å². The van der Waals surface area contributed by atoms with Crippen molar-refractivity contribution in [1.29, 1.82) is 0 Å². The zero-order valence-corrected chi connectivity index (χ0v) is 13.4. The number of rotatable bonds is 3. The Kier molecular flexibility index (Phi) is 3.32. The molecule has 0 saturated heterocycles. The third-order valence-electron chi connectivity index (χ3n) is 4.31. The molecule has 0 atom stereocenters. The zero-order valence-electron chi connectivity index (χ0n) is 13.4. The molecule has 3 rings (SSSR count). The molecular formula is C18H18O4. The first-order valence-electron chi connectivity index (χ1n) is 7.03. The second-order valence-electron chi connectivity index (χ2n) is 5.33. The summed E-state index contributed by atoms with van der Waals surface area (Å²) >= 11 is 0. The number of carbonyl (C=O) groups excluding carboxylic acids is 1. The smallest absolute Gasteiger partial charge is 0.203 e. The first-order valence-corrected chi connectivity index (χ1v) is 7.03. The average Bonchev–Trinajstić information content (AvgIpc) is 2.82. The van der Waals surface area contributed by atoms with Crippen LogP contribution in [0, 0.1) is 13.8 Å². The van der Waals surface area contributed by atoms with Crippen molar-refractivity contribution >= 4 is 5.78 Å². The first kappa shape index (κ1) is 14.4. The Balaban J connectivity index is 2.45. The normalized spacial score (nSPS) is 12.0. The summed E-state index contributed by atoms with van der Waals surface area (Å²) in [5, 5.41) is 0. The van der Waals surface area contributed by atoms with Gasteiger partial charge >= 0.3 is 0 Å². The fourth-order valence-corrected chi connectivity index (χ4v) is 3.06. The minimum Gasteiger partial charge on any atom is -0.493 e. The van der Waals surface area contributed by atoms with E-state index in [9.17, 15) is 4.79 Å². The lowest BCUT2D eigenvalue weighted by Gasteiger charge is -2.17. The van der Waals surface area contributed by atoms with Gasteiger partial charge in [-0.05, 0) is 31.0 Å². The van der Waals surface area contributed by atoms with E-state index in [-0.39, 0.29) is 5.78 Å². The summed E-state index contributed by atoms with van der Waals surface area (Å²) < 4.78 is 16.4. The van der Waals surface area contributed by atoms with Crippen molar-refractivity contribution < 1.29 is 19.0 Å². The maximum Gasteiger partial charge on any atom is 0.203 e. The lowest BCUT2D eigenvalue weighted by atomic mass is 9.96. The molecule has 22 heavy (non-hydrogen) atoms. The Hall–Kier alpha value is -2.49. The summed E-state index contributed by atoms with van der Waals surface area (Å²) in [7, 11) is 4.68. The third kappa shape index (κ3) is 1.73. The minimum atomic E-state index is -0.00708. The molecule has 1 aliphatic rings. The highest BCUT2D eigenvalue weighted by atomic mass is 16.5. The molecule has 1 aliphatic carbocycles. The molecule has 2 aromatic carbocycles. The van der Waals surface area contributed by atoms with Crippen LogP contribution in [-0.4, -0.2) is 27.1 Å². The summed E-state index contributed by atoms with van der Waals surface area (Å²) in [6.07, 6.45) is 0. The number of hydrogen-bond acceptors (Lipinski definition) is 4. The van der Waals surface area contributed by atoms with Crippen molar-refractivity contribution in [2.75, 3.05) is 21.3 Å². The Bertz CT molecular complexity index is 790. The highest BCUT2D eigenvalue weighted by molar-refractivity contribution is 6.23. The van der Waals surface area contributed by atoms with Gasteiger partial charge in [-0.25, -0.2) is 0 Å². The molecule has 0 N–H and O–H groups in total. The van der Waals surface area contributed by atoms with E-state index in [2.05, 4.69) is 0 Å².